The SMILES string of the molecule is C1=C2CCC(=N2)C=C2CCC(=CC3=NC(CC3)C3CCC1=N3)N2.[V]. The summed E-state index contributed by atoms with van der Waals surface area (Å²) < 4.78 is 0. The maximum absolute atomic E-state index is 4.97. The summed E-state index contributed by atoms with van der Waals surface area (Å²) >= 11 is 0. The van der Waals surface area contributed by atoms with E-state index in [4.69, 9.17) is 15.0 Å². The van der Waals surface area contributed by atoms with Crippen LogP contribution in [-0.2, 0) is 18.6 Å². The molecule has 5 rings (SSSR count). The summed E-state index contributed by atoms with van der Waals surface area (Å²) in [6.07, 6.45) is 15.6. The van der Waals surface area contributed by atoms with E-state index in [1.165, 1.54) is 34.2 Å². The molecule has 2 atom stereocenters. The van der Waals surface area contributed by atoms with Crippen molar-refractivity contribution in [2.45, 2.75) is 63.5 Å². The van der Waals surface area contributed by atoms with Gasteiger partial charge in [-0.25, -0.2) is 0 Å². The molecule has 1 radical (unpaired) electrons. The van der Waals surface area contributed by atoms with Crippen LogP contribution in [0, 0.1) is 0 Å². The first kappa shape index (κ1) is 16.1. The Labute approximate surface area is 154 Å². The fourth-order valence-electron chi connectivity index (χ4n) is 4.22. The fourth-order valence-corrected chi connectivity index (χ4v) is 4.22. The quantitative estimate of drug-likeness (QED) is 0.709. The molecule has 8 bridgehead atoms. The van der Waals surface area contributed by atoms with Crippen LogP contribution in [0.3, 0.4) is 0 Å². The van der Waals surface area contributed by atoms with Crippen LogP contribution in [0.4, 0.5) is 0 Å². The third-order valence-electron chi connectivity index (χ3n) is 5.42. The first-order chi connectivity index (χ1) is 11.3. The van der Waals surface area contributed by atoms with E-state index in [0.29, 0.717) is 12.1 Å². The van der Waals surface area contributed by atoms with Gasteiger partial charge in [0.25, 0.3) is 0 Å². The number of aliphatic imine (C=N–C) groups is 3. The summed E-state index contributed by atoms with van der Waals surface area (Å²) in [5.74, 6) is 0. The van der Waals surface area contributed by atoms with Crippen molar-refractivity contribution in [1.29, 1.82) is 0 Å². The number of hydrogen-bond donors (Lipinski definition) is 1. The molecule has 0 spiro atoms. The molecule has 1 N–H and O–H groups in total. The molecule has 4 nitrogen and oxygen atoms in total. The van der Waals surface area contributed by atoms with Gasteiger partial charge >= 0.3 is 0 Å². The number of nitrogens with one attached hydrogen (secondary N) is 1. The van der Waals surface area contributed by atoms with Crippen LogP contribution < -0.4 is 5.32 Å². The maximum Gasteiger partial charge on any atom is 0.0730 e. The Morgan fingerprint density at radius 3 is 2.04 bits per heavy atom. The van der Waals surface area contributed by atoms with Gasteiger partial charge in [-0.3, -0.25) is 15.0 Å². The predicted molar refractivity (Wildman–Crippen MR) is 94.2 cm³/mol. The van der Waals surface area contributed by atoms with Crippen LogP contribution in [0.1, 0.15) is 51.4 Å². The van der Waals surface area contributed by atoms with E-state index >= 15 is 0 Å². The van der Waals surface area contributed by atoms with Crippen molar-refractivity contribution in [3.63, 3.8) is 0 Å². The number of allylic oxidation sites excluding steroid dienone is 6. The molecule has 0 saturated carbocycles. The van der Waals surface area contributed by atoms with Gasteiger partial charge in [0, 0.05) is 52.8 Å². The molecule has 5 heteroatoms. The van der Waals surface area contributed by atoms with Gasteiger partial charge in [-0.2, -0.15) is 0 Å². The molecule has 0 aromatic carbocycles. The number of hydrogen-bond acceptors (Lipinski definition) is 4. The third kappa shape index (κ3) is 3.10. The summed E-state index contributed by atoms with van der Waals surface area (Å²) in [5.41, 5.74) is 7.53. The molecule has 24 heavy (non-hydrogen) atoms. The first-order valence-corrected chi connectivity index (χ1v) is 8.91. The van der Waals surface area contributed by atoms with Crippen LogP contribution >= 0.6 is 0 Å². The molecule has 5 heterocycles. The largest absolute Gasteiger partial charge is 0.362 e. The van der Waals surface area contributed by atoms with Crippen LogP contribution in [0.5, 0.6) is 0 Å². The topological polar surface area (TPSA) is 49.1 Å². The minimum Gasteiger partial charge on any atom is -0.362 e. The summed E-state index contributed by atoms with van der Waals surface area (Å²) in [4.78, 5) is 14.7. The average Bonchev–Trinajstić information content (AvgIpc) is 3.28. The zero-order chi connectivity index (χ0) is 15.2. The zero-order valence-electron chi connectivity index (χ0n) is 13.8. The van der Waals surface area contributed by atoms with Crippen molar-refractivity contribution >= 4 is 17.1 Å². The van der Waals surface area contributed by atoms with Gasteiger partial charge in [0.15, 0.2) is 0 Å². The van der Waals surface area contributed by atoms with E-state index < -0.39 is 0 Å². The third-order valence-corrected chi connectivity index (χ3v) is 5.42. The Balaban J connectivity index is 0.00000146. The average molecular weight is 357 g/mol. The minimum absolute atomic E-state index is 0. The molecule has 1 fully saturated rings. The van der Waals surface area contributed by atoms with Crippen molar-refractivity contribution in [3.8, 4) is 0 Å². The van der Waals surface area contributed by atoms with E-state index in [1.807, 2.05) is 0 Å². The minimum atomic E-state index is 0. The van der Waals surface area contributed by atoms with Crippen LogP contribution in [0.25, 0.3) is 0 Å². The standard InChI is InChI=1S/C19H22N4.V/c1-3-14-10-16-5-7-18(22-16)19-8-6-17(23-19)11-15-4-2-13(21-15)9-12(1)20-14;/h9-11,18-20H,1-8H2;. The van der Waals surface area contributed by atoms with Crippen LogP contribution in [0.15, 0.2) is 50.3 Å². The van der Waals surface area contributed by atoms with Gasteiger partial charge in [0.2, 0.25) is 0 Å². The number of nitrogens with zero attached hydrogens (tertiary/aromatic N) is 3. The van der Waals surface area contributed by atoms with Gasteiger partial charge in [-0.1, -0.05) is 0 Å². The summed E-state index contributed by atoms with van der Waals surface area (Å²) in [7, 11) is 0. The molecular formula is C19H22N4V. The molecule has 5 aliphatic heterocycles. The molecule has 0 aromatic heterocycles. The Bertz CT molecular complexity index is 738. The Kier molecular flexibility index (Phi) is 4.36. The molecule has 0 amide bonds. The fraction of sp³-hybridized carbons (Fsp3) is 0.526. The summed E-state index contributed by atoms with van der Waals surface area (Å²) in [5, 5.41) is 3.57. The first-order valence-electron chi connectivity index (χ1n) is 8.91. The molecule has 0 aromatic rings. The second kappa shape index (κ2) is 6.49. The Hall–Kier alpha value is -1.39. The van der Waals surface area contributed by atoms with Crippen LogP contribution in [-0.4, -0.2) is 29.2 Å². The number of fused-ring (bicyclic) bond motifs is 6. The van der Waals surface area contributed by atoms with E-state index in [-0.39, 0.29) is 18.6 Å². The Morgan fingerprint density at radius 1 is 0.708 bits per heavy atom. The van der Waals surface area contributed by atoms with Gasteiger partial charge in [-0.15, -0.1) is 0 Å². The van der Waals surface area contributed by atoms with Crippen molar-refractivity contribution in [3.05, 3.63) is 35.3 Å². The number of rotatable bonds is 0. The van der Waals surface area contributed by atoms with Gasteiger partial charge in [-0.05, 0) is 69.6 Å². The predicted octanol–water partition coefficient (Wildman–Crippen LogP) is 3.47. The normalized spacial score (nSPS) is 30.7. The monoisotopic (exact) mass is 357 g/mol. The molecular weight excluding hydrogens is 335 g/mol. The maximum atomic E-state index is 4.97. The molecule has 5 aliphatic rings. The van der Waals surface area contributed by atoms with Crippen molar-refractivity contribution in [2.75, 3.05) is 0 Å². The second-order valence-electron chi connectivity index (χ2n) is 7.16. The van der Waals surface area contributed by atoms with E-state index in [9.17, 15) is 0 Å². The second-order valence-corrected chi connectivity index (χ2v) is 7.16. The van der Waals surface area contributed by atoms with Crippen molar-refractivity contribution < 1.29 is 18.6 Å². The zero-order valence-corrected chi connectivity index (χ0v) is 15.2. The van der Waals surface area contributed by atoms with Gasteiger partial charge in [0.05, 0.1) is 12.1 Å². The molecule has 123 valence electrons. The summed E-state index contributed by atoms with van der Waals surface area (Å²) in [6.45, 7) is 0. The van der Waals surface area contributed by atoms with Crippen molar-refractivity contribution in [2.24, 2.45) is 15.0 Å². The van der Waals surface area contributed by atoms with E-state index in [0.717, 1.165) is 51.4 Å². The van der Waals surface area contributed by atoms with E-state index in [2.05, 4.69) is 23.5 Å². The van der Waals surface area contributed by atoms with Gasteiger partial charge in [0.1, 0.15) is 0 Å². The molecule has 2 unspecified atom stereocenters. The van der Waals surface area contributed by atoms with Crippen LogP contribution in [0.2, 0.25) is 0 Å². The summed E-state index contributed by atoms with van der Waals surface area (Å²) in [6, 6.07) is 0.778. The van der Waals surface area contributed by atoms with Crippen molar-refractivity contribution in [1.82, 2.24) is 5.32 Å². The van der Waals surface area contributed by atoms with E-state index in [1.54, 1.807) is 0 Å². The molecule has 1 saturated heterocycles. The van der Waals surface area contributed by atoms with Gasteiger partial charge < -0.3 is 5.32 Å². The smallest absolute Gasteiger partial charge is 0.0730 e. The Morgan fingerprint density at radius 2 is 1.33 bits per heavy atom. The molecule has 0 aliphatic carbocycles.